The van der Waals surface area contributed by atoms with Gasteiger partial charge in [-0.05, 0) is 25.0 Å². The van der Waals surface area contributed by atoms with Crippen molar-refractivity contribution in [1.82, 2.24) is 15.1 Å². The van der Waals surface area contributed by atoms with E-state index in [1.807, 2.05) is 24.3 Å². The Bertz CT molecular complexity index is 573. The summed E-state index contributed by atoms with van der Waals surface area (Å²) in [5.41, 5.74) is 0. The van der Waals surface area contributed by atoms with Crippen molar-refractivity contribution in [3.8, 4) is 5.75 Å². The topological polar surface area (TPSA) is 54.0 Å². The molecule has 1 atom stereocenters. The summed E-state index contributed by atoms with van der Waals surface area (Å²) in [6, 6.07) is 7.53. The van der Waals surface area contributed by atoms with E-state index in [1.54, 1.807) is 0 Å². The third-order valence-electron chi connectivity index (χ3n) is 4.88. The second-order valence-electron chi connectivity index (χ2n) is 6.84. The van der Waals surface area contributed by atoms with E-state index in [2.05, 4.69) is 15.1 Å². The number of amides is 1. The molecule has 0 aromatic heterocycles. The van der Waals surface area contributed by atoms with Crippen molar-refractivity contribution in [2.75, 3.05) is 59.0 Å². The molecule has 0 aliphatic carbocycles. The van der Waals surface area contributed by atoms with Gasteiger partial charge < -0.3 is 14.8 Å². The summed E-state index contributed by atoms with van der Waals surface area (Å²) in [5, 5.41) is 3.63. The summed E-state index contributed by atoms with van der Waals surface area (Å²) in [7, 11) is 0. The number of piperazine rings is 1. The van der Waals surface area contributed by atoms with Gasteiger partial charge in [-0.25, -0.2) is 0 Å². The average molecular weight is 382 g/mol. The van der Waals surface area contributed by atoms with Crippen molar-refractivity contribution in [3.63, 3.8) is 0 Å². The zero-order chi connectivity index (χ0) is 18.2. The number of nitrogens with one attached hydrogen (secondary N) is 1. The minimum Gasteiger partial charge on any atom is -0.491 e. The van der Waals surface area contributed by atoms with Crippen LogP contribution >= 0.6 is 11.6 Å². The lowest BCUT2D eigenvalue weighted by atomic mass is 10.2. The highest BCUT2D eigenvalue weighted by Crippen LogP contribution is 2.22. The Morgan fingerprint density at radius 1 is 1.23 bits per heavy atom. The van der Waals surface area contributed by atoms with Crippen LogP contribution in [0, 0.1) is 0 Å². The predicted octanol–water partition coefficient (Wildman–Crippen LogP) is 1.63. The van der Waals surface area contributed by atoms with Crippen molar-refractivity contribution < 1.29 is 14.3 Å². The number of benzene rings is 1. The summed E-state index contributed by atoms with van der Waals surface area (Å²) < 4.78 is 11.3. The third-order valence-corrected chi connectivity index (χ3v) is 5.20. The lowest BCUT2D eigenvalue weighted by molar-refractivity contribution is -0.123. The molecule has 1 aromatic rings. The molecule has 1 N–H and O–H groups in total. The molecule has 2 aliphatic rings. The normalized spacial score (nSPS) is 21.7. The molecular weight excluding hydrogens is 354 g/mol. The first-order valence-electron chi connectivity index (χ1n) is 9.41. The Kier molecular flexibility index (Phi) is 7.55. The first-order valence-corrected chi connectivity index (χ1v) is 9.79. The van der Waals surface area contributed by atoms with Crippen LogP contribution < -0.4 is 10.1 Å². The SMILES string of the molecule is O=C(CN1CCN(CCOc2ccccc2Cl)CC1)NCC1CCCO1. The summed E-state index contributed by atoms with van der Waals surface area (Å²) in [6.07, 6.45) is 2.35. The first kappa shape index (κ1) is 19.4. The molecule has 0 bridgehead atoms. The number of nitrogens with zero attached hydrogens (tertiary/aromatic N) is 2. The van der Waals surface area contributed by atoms with Crippen molar-refractivity contribution in [2.24, 2.45) is 0 Å². The van der Waals surface area contributed by atoms with E-state index in [0.29, 0.717) is 24.7 Å². The van der Waals surface area contributed by atoms with Crippen LogP contribution in [0.3, 0.4) is 0 Å². The van der Waals surface area contributed by atoms with Gasteiger partial charge in [-0.15, -0.1) is 0 Å². The minimum atomic E-state index is 0.0935. The second-order valence-corrected chi connectivity index (χ2v) is 7.24. The monoisotopic (exact) mass is 381 g/mol. The summed E-state index contributed by atoms with van der Waals surface area (Å²) >= 11 is 6.09. The van der Waals surface area contributed by atoms with Crippen molar-refractivity contribution in [1.29, 1.82) is 0 Å². The maximum atomic E-state index is 12.1. The zero-order valence-corrected chi connectivity index (χ0v) is 15.9. The molecule has 1 amide bonds. The van der Waals surface area contributed by atoms with Crippen molar-refractivity contribution >= 4 is 17.5 Å². The maximum Gasteiger partial charge on any atom is 0.234 e. The highest BCUT2D eigenvalue weighted by atomic mass is 35.5. The smallest absolute Gasteiger partial charge is 0.234 e. The van der Waals surface area contributed by atoms with Gasteiger partial charge in [0.25, 0.3) is 0 Å². The summed E-state index contributed by atoms with van der Waals surface area (Å²) in [6.45, 7) is 7.11. The molecule has 1 aromatic carbocycles. The van der Waals surface area contributed by atoms with Gasteiger partial charge in [0.15, 0.2) is 0 Å². The largest absolute Gasteiger partial charge is 0.491 e. The summed E-state index contributed by atoms with van der Waals surface area (Å²) in [4.78, 5) is 16.6. The van der Waals surface area contributed by atoms with Crippen LogP contribution in [0.2, 0.25) is 5.02 Å². The number of rotatable bonds is 8. The second kappa shape index (κ2) is 10.1. The molecule has 0 saturated carbocycles. The Morgan fingerprint density at radius 3 is 2.73 bits per heavy atom. The number of ether oxygens (including phenoxy) is 2. The highest BCUT2D eigenvalue weighted by Gasteiger charge is 2.20. The number of halogens is 1. The van der Waals surface area contributed by atoms with E-state index in [0.717, 1.165) is 57.9 Å². The lowest BCUT2D eigenvalue weighted by Gasteiger charge is -2.34. The fourth-order valence-electron chi connectivity index (χ4n) is 3.31. The van der Waals surface area contributed by atoms with E-state index in [-0.39, 0.29) is 12.0 Å². The zero-order valence-electron chi connectivity index (χ0n) is 15.2. The molecular formula is C19H28ClN3O3. The predicted molar refractivity (Wildman–Crippen MR) is 102 cm³/mol. The quantitative estimate of drug-likeness (QED) is 0.741. The average Bonchev–Trinajstić information content (AvgIpc) is 3.17. The van der Waals surface area contributed by atoms with E-state index in [9.17, 15) is 4.79 Å². The third kappa shape index (κ3) is 6.13. The maximum absolute atomic E-state index is 12.1. The van der Waals surface area contributed by atoms with Gasteiger partial charge in [-0.3, -0.25) is 14.6 Å². The molecule has 2 heterocycles. The number of hydrogen-bond donors (Lipinski definition) is 1. The van der Waals surface area contributed by atoms with E-state index in [4.69, 9.17) is 21.1 Å². The van der Waals surface area contributed by atoms with Crippen LogP contribution in [0.15, 0.2) is 24.3 Å². The van der Waals surface area contributed by atoms with E-state index >= 15 is 0 Å². The van der Waals surface area contributed by atoms with Gasteiger partial charge in [0.1, 0.15) is 12.4 Å². The number of carbonyl (C=O) groups is 1. The fraction of sp³-hybridized carbons (Fsp3) is 0.632. The molecule has 2 aliphatic heterocycles. The Morgan fingerprint density at radius 2 is 2.00 bits per heavy atom. The van der Waals surface area contributed by atoms with Crippen LogP contribution in [-0.2, 0) is 9.53 Å². The van der Waals surface area contributed by atoms with Gasteiger partial charge in [-0.2, -0.15) is 0 Å². The highest BCUT2D eigenvalue weighted by molar-refractivity contribution is 6.32. The molecule has 7 heteroatoms. The van der Waals surface area contributed by atoms with E-state index in [1.165, 1.54) is 0 Å². The molecule has 0 spiro atoms. The Labute approximate surface area is 160 Å². The molecule has 1 unspecified atom stereocenters. The Hall–Kier alpha value is -1.34. The molecule has 26 heavy (non-hydrogen) atoms. The number of carbonyl (C=O) groups excluding carboxylic acids is 1. The van der Waals surface area contributed by atoms with Gasteiger partial charge in [0.2, 0.25) is 5.91 Å². The number of hydrogen-bond acceptors (Lipinski definition) is 5. The van der Waals surface area contributed by atoms with Gasteiger partial charge >= 0.3 is 0 Å². The van der Waals surface area contributed by atoms with Gasteiger partial charge in [0, 0.05) is 45.9 Å². The molecule has 0 radical (unpaired) electrons. The van der Waals surface area contributed by atoms with Crippen molar-refractivity contribution in [2.45, 2.75) is 18.9 Å². The van der Waals surface area contributed by atoms with Gasteiger partial charge in [-0.1, -0.05) is 23.7 Å². The van der Waals surface area contributed by atoms with Crippen LogP contribution in [-0.4, -0.2) is 80.8 Å². The Balaban J connectivity index is 1.27. The first-order chi connectivity index (χ1) is 12.7. The molecule has 3 rings (SSSR count). The minimum absolute atomic E-state index is 0.0935. The van der Waals surface area contributed by atoms with E-state index < -0.39 is 0 Å². The molecule has 6 nitrogen and oxygen atoms in total. The summed E-state index contributed by atoms with van der Waals surface area (Å²) in [5.74, 6) is 0.826. The molecule has 144 valence electrons. The standard InChI is InChI=1S/C19H28ClN3O3/c20-17-5-1-2-6-18(17)26-13-11-22-7-9-23(10-8-22)15-19(24)21-14-16-4-3-12-25-16/h1-2,5-6,16H,3-4,7-15H2,(H,21,24). The molecule has 2 fully saturated rings. The van der Waals surface area contributed by atoms with Crippen molar-refractivity contribution in [3.05, 3.63) is 29.3 Å². The lowest BCUT2D eigenvalue weighted by Crippen LogP contribution is -2.50. The molecule has 2 saturated heterocycles. The van der Waals surface area contributed by atoms with Crippen LogP contribution in [0.5, 0.6) is 5.75 Å². The van der Waals surface area contributed by atoms with Crippen LogP contribution in [0.4, 0.5) is 0 Å². The number of para-hydroxylation sites is 1. The van der Waals surface area contributed by atoms with Crippen LogP contribution in [0.1, 0.15) is 12.8 Å². The van der Waals surface area contributed by atoms with Crippen LogP contribution in [0.25, 0.3) is 0 Å². The van der Waals surface area contributed by atoms with Gasteiger partial charge in [0.05, 0.1) is 17.7 Å². The fourth-order valence-corrected chi connectivity index (χ4v) is 3.50.